The highest BCUT2D eigenvalue weighted by molar-refractivity contribution is 14.1. The van der Waals surface area contributed by atoms with E-state index in [9.17, 15) is 13.6 Å². The molecular formula is C8H3F2IN2O. The van der Waals surface area contributed by atoms with Gasteiger partial charge in [-0.05, 0) is 28.7 Å². The Morgan fingerprint density at radius 2 is 2.29 bits per heavy atom. The molecule has 1 aromatic rings. The quantitative estimate of drug-likeness (QED) is 0.478. The normalized spacial score (nSPS) is 9.93. The molecule has 0 aromatic carbocycles. The summed E-state index contributed by atoms with van der Waals surface area (Å²) in [6.07, 6.45) is -2.41. The Kier molecular flexibility index (Phi) is 3.46. The van der Waals surface area contributed by atoms with Gasteiger partial charge in [0.25, 0.3) is 6.43 Å². The maximum Gasteiger partial charge on any atom is 0.265 e. The largest absolute Gasteiger partial charge is 0.296 e. The Balaban J connectivity index is 3.45. The van der Waals surface area contributed by atoms with E-state index in [0.29, 0.717) is 6.29 Å². The number of pyridine rings is 1. The third-order valence-electron chi connectivity index (χ3n) is 1.49. The first-order valence-corrected chi connectivity index (χ1v) is 4.52. The summed E-state index contributed by atoms with van der Waals surface area (Å²) >= 11 is 1.64. The van der Waals surface area contributed by atoms with E-state index in [2.05, 4.69) is 4.98 Å². The highest BCUT2D eigenvalue weighted by Crippen LogP contribution is 2.25. The molecule has 0 bridgehead atoms. The smallest absolute Gasteiger partial charge is 0.265 e. The lowest BCUT2D eigenvalue weighted by molar-refractivity contribution is 0.111. The summed E-state index contributed by atoms with van der Waals surface area (Å²) in [5.41, 5.74) is -0.719. The number of carbonyl (C=O) groups excluding carboxylic acids is 1. The molecule has 1 heterocycles. The lowest BCUT2D eigenvalue weighted by Gasteiger charge is -2.04. The van der Waals surface area contributed by atoms with Crippen LogP contribution in [0.25, 0.3) is 0 Å². The van der Waals surface area contributed by atoms with Gasteiger partial charge in [0.2, 0.25) is 0 Å². The number of hydrogen-bond donors (Lipinski definition) is 0. The number of nitriles is 1. The number of carbonyl (C=O) groups is 1. The molecule has 0 amide bonds. The maximum absolute atomic E-state index is 12.4. The van der Waals surface area contributed by atoms with Crippen LogP contribution in [0, 0.1) is 15.0 Å². The van der Waals surface area contributed by atoms with Gasteiger partial charge in [0.1, 0.15) is 15.5 Å². The predicted molar refractivity (Wildman–Crippen MR) is 52.0 cm³/mol. The molecule has 0 atom stereocenters. The van der Waals surface area contributed by atoms with Gasteiger partial charge < -0.3 is 0 Å². The van der Waals surface area contributed by atoms with E-state index in [1.165, 1.54) is 0 Å². The monoisotopic (exact) mass is 308 g/mol. The molecule has 0 aliphatic heterocycles. The van der Waals surface area contributed by atoms with Crippen molar-refractivity contribution < 1.29 is 13.6 Å². The molecule has 0 saturated heterocycles. The minimum atomic E-state index is -2.78. The fourth-order valence-corrected chi connectivity index (χ4v) is 1.61. The lowest BCUT2D eigenvalue weighted by Crippen LogP contribution is -2.00. The number of hydrogen-bond acceptors (Lipinski definition) is 3. The molecule has 0 aliphatic carbocycles. The van der Waals surface area contributed by atoms with Gasteiger partial charge in [0.05, 0.1) is 5.56 Å². The first-order valence-electron chi connectivity index (χ1n) is 3.44. The Morgan fingerprint density at radius 3 is 2.71 bits per heavy atom. The van der Waals surface area contributed by atoms with Gasteiger partial charge in [-0.1, -0.05) is 0 Å². The Labute approximate surface area is 91.9 Å². The fraction of sp³-hybridized carbons (Fsp3) is 0.125. The first kappa shape index (κ1) is 11.0. The third-order valence-corrected chi connectivity index (χ3v) is 2.27. The highest BCUT2D eigenvalue weighted by Gasteiger charge is 2.17. The van der Waals surface area contributed by atoms with Crippen molar-refractivity contribution in [2.75, 3.05) is 0 Å². The summed E-state index contributed by atoms with van der Waals surface area (Å²) in [7, 11) is 0. The topological polar surface area (TPSA) is 53.8 Å². The average Bonchev–Trinajstić information content (AvgIpc) is 2.16. The van der Waals surface area contributed by atoms with Gasteiger partial charge in [-0.2, -0.15) is 5.26 Å². The van der Waals surface area contributed by atoms with Crippen LogP contribution in [0.2, 0.25) is 0 Å². The zero-order valence-corrected chi connectivity index (χ0v) is 8.83. The molecule has 6 heteroatoms. The van der Waals surface area contributed by atoms with Crippen LogP contribution in [0.3, 0.4) is 0 Å². The molecular weight excluding hydrogens is 305 g/mol. The summed E-state index contributed by atoms with van der Waals surface area (Å²) in [5.74, 6) is 0. The van der Waals surface area contributed by atoms with Crippen LogP contribution in [0.15, 0.2) is 6.07 Å². The molecule has 14 heavy (non-hydrogen) atoms. The standard InChI is InChI=1S/C8H3F2IN2O/c9-7(10)5-1-4(3-14)13-8(11)6(5)2-12/h1,3,7H. The second-order valence-electron chi connectivity index (χ2n) is 2.33. The van der Waals surface area contributed by atoms with Crippen LogP contribution in [0.5, 0.6) is 0 Å². The van der Waals surface area contributed by atoms with Crippen molar-refractivity contribution in [1.82, 2.24) is 4.98 Å². The Morgan fingerprint density at radius 1 is 1.64 bits per heavy atom. The van der Waals surface area contributed by atoms with Crippen LogP contribution >= 0.6 is 22.6 Å². The van der Waals surface area contributed by atoms with E-state index in [0.717, 1.165) is 6.07 Å². The van der Waals surface area contributed by atoms with Crippen LogP contribution in [-0.4, -0.2) is 11.3 Å². The molecule has 3 nitrogen and oxygen atoms in total. The molecule has 0 aliphatic rings. The summed E-state index contributed by atoms with van der Waals surface area (Å²) < 4.78 is 24.9. The van der Waals surface area contributed by atoms with Crippen molar-refractivity contribution >= 4 is 28.9 Å². The van der Waals surface area contributed by atoms with E-state index in [-0.39, 0.29) is 15.0 Å². The van der Waals surface area contributed by atoms with Crippen molar-refractivity contribution in [3.63, 3.8) is 0 Å². The van der Waals surface area contributed by atoms with E-state index < -0.39 is 12.0 Å². The SMILES string of the molecule is N#Cc1c(C(F)F)cc(C=O)nc1I. The van der Waals surface area contributed by atoms with Gasteiger partial charge in [0, 0.05) is 5.56 Å². The molecule has 72 valence electrons. The summed E-state index contributed by atoms with van der Waals surface area (Å²) in [6, 6.07) is 2.56. The zero-order chi connectivity index (χ0) is 10.7. The van der Waals surface area contributed by atoms with Crippen molar-refractivity contribution in [3.8, 4) is 6.07 Å². The molecule has 0 fully saturated rings. The second kappa shape index (κ2) is 4.41. The van der Waals surface area contributed by atoms with E-state index >= 15 is 0 Å². The molecule has 0 unspecified atom stereocenters. The molecule has 0 radical (unpaired) electrons. The van der Waals surface area contributed by atoms with E-state index in [1.54, 1.807) is 28.7 Å². The number of nitrogens with zero attached hydrogens (tertiary/aromatic N) is 2. The molecule has 1 aromatic heterocycles. The van der Waals surface area contributed by atoms with Crippen molar-refractivity contribution in [2.45, 2.75) is 6.43 Å². The van der Waals surface area contributed by atoms with Crippen LogP contribution in [0.1, 0.15) is 28.0 Å². The molecule has 1 rings (SSSR count). The minimum absolute atomic E-state index is 0.0938. The molecule has 0 N–H and O–H groups in total. The highest BCUT2D eigenvalue weighted by atomic mass is 127. The van der Waals surface area contributed by atoms with Gasteiger partial charge >= 0.3 is 0 Å². The number of halogens is 3. The molecule has 0 spiro atoms. The van der Waals surface area contributed by atoms with Gasteiger partial charge in [-0.3, -0.25) is 4.79 Å². The predicted octanol–water partition coefficient (Wildman–Crippen LogP) is 2.31. The summed E-state index contributed by atoms with van der Waals surface area (Å²) in [5, 5.41) is 8.60. The second-order valence-corrected chi connectivity index (χ2v) is 3.35. The van der Waals surface area contributed by atoms with Crippen molar-refractivity contribution in [2.24, 2.45) is 0 Å². The van der Waals surface area contributed by atoms with Crippen LogP contribution < -0.4 is 0 Å². The summed E-state index contributed by atoms with van der Waals surface area (Å²) in [4.78, 5) is 14.0. The Bertz CT molecular complexity index is 415. The summed E-state index contributed by atoms with van der Waals surface area (Å²) in [6.45, 7) is 0. The number of aldehydes is 1. The van der Waals surface area contributed by atoms with Crippen molar-refractivity contribution in [1.29, 1.82) is 5.26 Å². The fourth-order valence-electron chi connectivity index (χ4n) is 0.895. The van der Waals surface area contributed by atoms with Gasteiger partial charge in [0.15, 0.2) is 6.29 Å². The maximum atomic E-state index is 12.4. The number of alkyl halides is 2. The third kappa shape index (κ3) is 2.04. The number of rotatable bonds is 2. The minimum Gasteiger partial charge on any atom is -0.296 e. The van der Waals surface area contributed by atoms with Crippen LogP contribution in [0.4, 0.5) is 8.78 Å². The average molecular weight is 308 g/mol. The van der Waals surface area contributed by atoms with Crippen molar-refractivity contribution in [3.05, 3.63) is 26.6 Å². The van der Waals surface area contributed by atoms with Crippen LogP contribution in [-0.2, 0) is 0 Å². The Hall–Kier alpha value is -1.10. The number of aromatic nitrogens is 1. The van der Waals surface area contributed by atoms with E-state index in [1.807, 2.05) is 0 Å². The van der Waals surface area contributed by atoms with Gasteiger partial charge in [-0.25, -0.2) is 13.8 Å². The first-order chi connectivity index (χ1) is 6.60. The van der Waals surface area contributed by atoms with E-state index in [4.69, 9.17) is 5.26 Å². The zero-order valence-electron chi connectivity index (χ0n) is 6.67. The lowest BCUT2D eigenvalue weighted by atomic mass is 10.1. The molecule has 0 saturated carbocycles. The van der Waals surface area contributed by atoms with Gasteiger partial charge in [-0.15, -0.1) is 0 Å².